The molecule has 1 aromatic carbocycles. The molecule has 1 atom stereocenters. The summed E-state index contributed by atoms with van der Waals surface area (Å²) in [7, 11) is 0. The van der Waals surface area contributed by atoms with Crippen molar-refractivity contribution in [2.45, 2.75) is 24.5 Å². The van der Waals surface area contributed by atoms with E-state index in [0.717, 1.165) is 56.3 Å². The Labute approximate surface area is 141 Å². The standard InChI is InChI=1S/C17H22ClNO2S/c18-15-4-2-1-3-14(15)16-5-8-19(9-12-22-16)17(20)13-6-10-21-11-7-13/h1-4,13,16H,5-12H2/t16-/m0/s1. The lowest BCUT2D eigenvalue weighted by atomic mass is 9.98. The molecule has 2 heterocycles. The van der Waals surface area contributed by atoms with E-state index in [1.165, 1.54) is 5.56 Å². The molecule has 0 unspecified atom stereocenters. The lowest BCUT2D eigenvalue weighted by Crippen LogP contribution is -2.39. The number of benzene rings is 1. The van der Waals surface area contributed by atoms with E-state index in [1.54, 1.807) is 0 Å². The monoisotopic (exact) mass is 339 g/mol. The van der Waals surface area contributed by atoms with Crippen LogP contribution in [0.15, 0.2) is 24.3 Å². The molecule has 22 heavy (non-hydrogen) atoms. The second-order valence-electron chi connectivity index (χ2n) is 5.88. The van der Waals surface area contributed by atoms with E-state index in [9.17, 15) is 4.79 Å². The van der Waals surface area contributed by atoms with Gasteiger partial charge in [-0.1, -0.05) is 29.8 Å². The maximum absolute atomic E-state index is 12.7. The van der Waals surface area contributed by atoms with Crippen molar-refractivity contribution in [3.05, 3.63) is 34.9 Å². The van der Waals surface area contributed by atoms with Crippen molar-refractivity contribution >= 4 is 29.3 Å². The molecule has 2 saturated heterocycles. The van der Waals surface area contributed by atoms with Crippen LogP contribution < -0.4 is 0 Å². The van der Waals surface area contributed by atoms with Crippen LogP contribution in [0.4, 0.5) is 0 Å². The van der Waals surface area contributed by atoms with Gasteiger partial charge in [-0.25, -0.2) is 0 Å². The predicted octanol–water partition coefficient (Wildman–Crippen LogP) is 3.77. The highest BCUT2D eigenvalue weighted by Gasteiger charge is 2.29. The second-order valence-corrected chi connectivity index (χ2v) is 7.60. The number of carbonyl (C=O) groups excluding carboxylic acids is 1. The molecule has 1 amide bonds. The Morgan fingerprint density at radius 3 is 2.73 bits per heavy atom. The van der Waals surface area contributed by atoms with E-state index in [2.05, 4.69) is 11.0 Å². The highest BCUT2D eigenvalue weighted by Crippen LogP contribution is 2.38. The number of rotatable bonds is 2. The van der Waals surface area contributed by atoms with Crippen LogP contribution in [-0.2, 0) is 9.53 Å². The van der Waals surface area contributed by atoms with Crippen LogP contribution in [-0.4, -0.2) is 42.9 Å². The van der Waals surface area contributed by atoms with E-state index in [4.69, 9.17) is 16.3 Å². The van der Waals surface area contributed by atoms with Crippen LogP contribution in [0.3, 0.4) is 0 Å². The van der Waals surface area contributed by atoms with Crippen molar-refractivity contribution in [3.8, 4) is 0 Å². The number of nitrogens with zero attached hydrogens (tertiary/aromatic N) is 1. The van der Waals surface area contributed by atoms with Crippen molar-refractivity contribution in [2.24, 2.45) is 5.92 Å². The van der Waals surface area contributed by atoms with E-state index in [-0.39, 0.29) is 5.92 Å². The molecule has 0 bridgehead atoms. The van der Waals surface area contributed by atoms with Crippen molar-refractivity contribution in [1.82, 2.24) is 4.90 Å². The first-order valence-electron chi connectivity index (χ1n) is 7.98. The van der Waals surface area contributed by atoms with E-state index < -0.39 is 0 Å². The number of amides is 1. The van der Waals surface area contributed by atoms with Gasteiger partial charge in [0.25, 0.3) is 0 Å². The highest BCUT2D eigenvalue weighted by molar-refractivity contribution is 7.99. The average Bonchev–Trinajstić information content (AvgIpc) is 2.81. The molecule has 1 aromatic rings. The Kier molecular flexibility index (Phi) is 5.66. The number of carbonyl (C=O) groups is 1. The molecule has 0 aliphatic carbocycles. The van der Waals surface area contributed by atoms with Gasteiger partial charge in [0.15, 0.2) is 0 Å². The first kappa shape index (κ1) is 16.2. The van der Waals surface area contributed by atoms with Gasteiger partial charge in [-0.15, -0.1) is 0 Å². The average molecular weight is 340 g/mol. The Hall–Kier alpha value is -0.710. The fourth-order valence-electron chi connectivity index (χ4n) is 3.18. The fraction of sp³-hybridized carbons (Fsp3) is 0.588. The van der Waals surface area contributed by atoms with Crippen LogP contribution in [0.1, 0.15) is 30.1 Å². The third kappa shape index (κ3) is 3.79. The maximum atomic E-state index is 12.7. The summed E-state index contributed by atoms with van der Waals surface area (Å²) < 4.78 is 5.36. The first-order valence-corrected chi connectivity index (χ1v) is 9.41. The Morgan fingerprint density at radius 1 is 1.18 bits per heavy atom. The van der Waals surface area contributed by atoms with Gasteiger partial charge in [-0.3, -0.25) is 4.79 Å². The molecular weight excluding hydrogens is 318 g/mol. The minimum atomic E-state index is 0.163. The topological polar surface area (TPSA) is 29.5 Å². The summed E-state index contributed by atoms with van der Waals surface area (Å²) >= 11 is 8.24. The van der Waals surface area contributed by atoms with Gasteiger partial charge in [0.2, 0.25) is 5.91 Å². The molecule has 0 aromatic heterocycles. The molecule has 0 spiro atoms. The van der Waals surface area contributed by atoms with Crippen LogP contribution in [0.5, 0.6) is 0 Å². The fourth-order valence-corrected chi connectivity index (χ4v) is 4.78. The van der Waals surface area contributed by atoms with Crippen LogP contribution in [0.25, 0.3) is 0 Å². The largest absolute Gasteiger partial charge is 0.381 e. The number of hydrogen-bond acceptors (Lipinski definition) is 3. The number of thioether (sulfide) groups is 1. The number of halogens is 1. The van der Waals surface area contributed by atoms with Gasteiger partial charge >= 0.3 is 0 Å². The van der Waals surface area contributed by atoms with Crippen molar-refractivity contribution < 1.29 is 9.53 Å². The van der Waals surface area contributed by atoms with E-state index >= 15 is 0 Å². The van der Waals surface area contributed by atoms with Gasteiger partial charge in [0.1, 0.15) is 0 Å². The van der Waals surface area contributed by atoms with E-state index in [0.29, 0.717) is 11.2 Å². The summed E-state index contributed by atoms with van der Waals surface area (Å²) in [6.45, 7) is 3.13. The van der Waals surface area contributed by atoms with Crippen LogP contribution in [0.2, 0.25) is 5.02 Å². The molecule has 0 radical (unpaired) electrons. The molecule has 3 rings (SSSR count). The lowest BCUT2D eigenvalue weighted by molar-refractivity contribution is -0.138. The predicted molar refractivity (Wildman–Crippen MR) is 91.4 cm³/mol. The lowest BCUT2D eigenvalue weighted by Gasteiger charge is -2.28. The maximum Gasteiger partial charge on any atom is 0.225 e. The van der Waals surface area contributed by atoms with Gasteiger partial charge in [0.05, 0.1) is 0 Å². The molecule has 2 fully saturated rings. The smallest absolute Gasteiger partial charge is 0.225 e. The van der Waals surface area contributed by atoms with Gasteiger partial charge in [-0.05, 0) is 30.9 Å². The number of hydrogen-bond donors (Lipinski definition) is 0. The third-order valence-corrected chi connectivity index (χ3v) is 6.13. The molecule has 3 nitrogen and oxygen atoms in total. The highest BCUT2D eigenvalue weighted by atomic mass is 35.5. The van der Waals surface area contributed by atoms with Crippen molar-refractivity contribution in [1.29, 1.82) is 0 Å². The molecule has 2 aliphatic heterocycles. The van der Waals surface area contributed by atoms with Crippen molar-refractivity contribution in [2.75, 3.05) is 32.1 Å². The quantitative estimate of drug-likeness (QED) is 0.821. The van der Waals surface area contributed by atoms with Crippen molar-refractivity contribution in [3.63, 3.8) is 0 Å². The Morgan fingerprint density at radius 2 is 1.95 bits per heavy atom. The summed E-state index contributed by atoms with van der Waals surface area (Å²) in [5.41, 5.74) is 1.20. The van der Waals surface area contributed by atoms with Gasteiger partial charge < -0.3 is 9.64 Å². The molecule has 0 N–H and O–H groups in total. The molecular formula is C17H22ClNO2S. The zero-order valence-electron chi connectivity index (χ0n) is 12.7. The van der Waals surface area contributed by atoms with Gasteiger partial charge in [0, 0.05) is 48.2 Å². The van der Waals surface area contributed by atoms with Crippen LogP contribution >= 0.6 is 23.4 Å². The molecule has 120 valence electrons. The van der Waals surface area contributed by atoms with Gasteiger partial charge in [-0.2, -0.15) is 11.8 Å². The summed E-state index contributed by atoms with van der Waals surface area (Å²) in [4.78, 5) is 14.7. The summed E-state index contributed by atoms with van der Waals surface area (Å²) in [6, 6.07) is 8.06. The van der Waals surface area contributed by atoms with Crippen LogP contribution in [0, 0.1) is 5.92 Å². The molecule has 0 saturated carbocycles. The molecule has 5 heteroatoms. The minimum Gasteiger partial charge on any atom is -0.381 e. The zero-order valence-corrected chi connectivity index (χ0v) is 14.2. The SMILES string of the molecule is O=C(C1CCOCC1)N1CCS[C@H](c2ccccc2Cl)CC1. The Bertz CT molecular complexity index is 519. The summed E-state index contributed by atoms with van der Waals surface area (Å²) in [6.07, 6.45) is 2.72. The second kappa shape index (κ2) is 7.71. The summed E-state index contributed by atoms with van der Waals surface area (Å²) in [5.74, 6) is 1.46. The number of ether oxygens (including phenoxy) is 1. The first-order chi connectivity index (χ1) is 10.8. The minimum absolute atomic E-state index is 0.163. The normalized spacial score (nSPS) is 24.0. The third-order valence-electron chi connectivity index (χ3n) is 4.48. The van der Waals surface area contributed by atoms with E-state index in [1.807, 2.05) is 30.0 Å². The Balaban J connectivity index is 1.62. The molecule has 2 aliphatic rings. The summed E-state index contributed by atoms with van der Waals surface area (Å²) in [5, 5.41) is 1.23. The zero-order chi connectivity index (χ0) is 15.4.